The number of halogens is 1. The molecule has 1 atom stereocenters. The van der Waals surface area contributed by atoms with Crippen molar-refractivity contribution in [2.75, 3.05) is 19.7 Å². The van der Waals surface area contributed by atoms with Gasteiger partial charge in [0.15, 0.2) is 0 Å². The molecular formula is C17H17ClN2O2. The molecule has 1 aromatic heterocycles. The summed E-state index contributed by atoms with van der Waals surface area (Å²) >= 11 is 6.01. The molecule has 0 radical (unpaired) electrons. The van der Waals surface area contributed by atoms with E-state index < -0.39 is 0 Å². The lowest BCUT2D eigenvalue weighted by Crippen LogP contribution is -2.46. The van der Waals surface area contributed by atoms with Crippen molar-refractivity contribution in [1.82, 2.24) is 9.88 Å². The van der Waals surface area contributed by atoms with Crippen molar-refractivity contribution >= 4 is 17.5 Å². The molecule has 1 saturated heterocycles. The van der Waals surface area contributed by atoms with E-state index in [9.17, 15) is 4.79 Å². The number of carbonyl (C=O) groups is 1. The second kappa shape index (κ2) is 6.90. The summed E-state index contributed by atoms with van der Waals surface area (Å²) in [6.07, 6.45) is 4.01. The Morgan fingerprint density at radius 1 is 1.36 bits per heavy atom. The number of nitrogens with zero attached hydrogens (tertiary/aromatic N) is 2. The van der Waals surface area contributed by atoms with Gasteiger partial charge in [-0.1, -0.05) is 23.7 Å². The Balaban J connectivity index is 1.65. The number of carbonyl (C=O) groups excluding carboxylic acids is 1. The number of pyridine rings is 1. The van der Waals surface area contributed by atoms with Crippen molar-refractivity contribution in [2.24, 2.45) is 0 Å². The molecule has 0 spiro atoms. The molecule has 0 bridgehead atoms. The molecule has 1 amide bonds. The molecule has 2 aromatic rings. The molecule has 1 aliphatic rings. The predicted molar refractivity (Wildman–Crippen MR) is 85.0 cm³/mol. The number of morpholine rings is 1. The van der Waals surface area contributed by atoms with Crippen molar-refractivity contribution in [3.8, 4) is 0 Å². The minimum atomic E-state index is -0.00663. The van der Waals surface area contributed by atoms with E-state index in [0.29, 0.717) is 25.3 Å². The van der Waals surface area contributed by atoms with Gasteiger partial charge in [0.2, 0.25) is 0 Å². The Bertz CT molecular complexity index is 648. The zero-order valence-corrected chi connectivity index (χ0v) is 12.9. The predicted octanol–water partition coefficient (Wildman–Crippen LogP) is 2.82. The summed E-state index contributed by atoms with van der Waals surface area (Å²) in [4.78, 5) is 18.3. The number of aromatic nitrogens is 1. The van der Waals surface area contributed by atoms with Crippen LogP contribution >= 0.6 is 11.6 Å². The monoisotopic (exact) mass is 316 g/mol. The van der Waals surface area contributed by atoms with Crippen molar-refractivity contribution < 1.29 is 9.53 Å². The number of ether oxygens (including phenoxy) is 1. The third kappa shape index (κ3) is 3.64. The smallest absolute Gasteiger partial charge is 0.255 e. The first-order valence-electron chi connectivity index (χ1n) is 7.28. The minimum Gasteiger partial charge on any atom is -0.374 e. The van der Waals surface area contributed by atoms with Crippen LogP contribution in [0.1, 0.15) is 15.9 Å². The molecule has 114 valence electrons. The molecule has 3 rings (SSSR count). The normalized spacial score (nSPS) is 18.2. The number of hydrogen-bond donors (Lipinski definition) is 0. The van der Waals surface area contributed by atoms with Crippen LogP contribution in [0.25, 0.3) is 0 Å². The Labute approximate surface area is 134 Å². The zero-order chi connectivity index (χ0) is 15.4. The van der Waals surface area contributed by atoms with Crippen molar-refractivity contribution in [2.45, 2.75) is 12.5 Å². The number of rotatable bonds is 3. The number of benzene rings is 1. The van der Waals surface area contributed by atoms with E-state index in [1.165, 1.54) is 0 Å². The second-order valence-corrected chi connectivity index (χ2v) is 5.76. The molecule has 4 nitrogen and oxygen atoms in total. The summed E-state index contributed by atoms with van der Waals surface area (Å²) in [6.45, 7) is 1.75. The second-order valence-electron chi connectivity index (χ2n) is 5.32. The summed E-state index contributed by atoms with van der Waals surface area (Å²) in [7, 11) is 0. The first-order valence-corrected chi connectivity index (χ1v) is 7.65. The molecule has 0 aliphatic carbocycles. The van der Waals surface area contributed by atoms with E-state index in [-0.39, 0.29) is 12.0 Å². The molecule has 0 unspecified atom stereocenters. The highest BCUT2D eigenvalue weighted by molar-refractivity contribution is 6.30. The maximum Gasteiger partial charge on any atom is 0.255 e. The van der Waals surface area contributed by atoms with Crippen molar-refractivity contribution in [3.63, 3.8) is 0 Å². The maximum absolute atomic E-state index is 12.5. The Morgan fingerprint density at radius 2 is 2.27 bits per heavy atom. The van der Waals surface area contributed by atoms with Gasteiger partial charge < -0.3 is 9.64 Å². The van der Waals surface area contributed by atoms with Crippen molar-refractivity contribution in [1.29, 1.82) is 0 Å². The van der Waals surface area contributed by atoms with Gasteiger partial charge in [-0.2, -0.15) is 0 Å². The average Bonchev–Trinajstić information content (AvgIpc) is 2.55. The quantitative estimate of drug-likeness (QED) is 0.874. The fourth-order valence-electron chi connectivity index (χ4n) is 2.63. The van der Waals surface area contributed by atoms with Crippen LogP contribution in [-0.4, -0.2) is 41.6 Å². The van der Waals surface area contributed by atoms with Crippen LogP contribution in [-0.2, 0) is 11.2 Å². The van der Waals surface area contributed by atoms with Crippen LogP contribution in [0.5, 0.6) is 0 Å². The highest BCUT2D eigenvalue weighted by atomic mass is 35.5. The van der Waals surface area contributed by atoms with E-state index in [1.807, 2.05) is 29.2 Å². The van der Waals surface area contributed by atoms with Gasteiger partial charge in [-0.3, -0.25) is 9.78 Å². The lowest BCUT2D eigenvalue weighted by atomic mass is 10.1. The van der Waals surface area contributed by atoms with Crippen LogP contribution < -0.4 is 0 Å². The largest absolute Gasteiger partial charge is 0.374 e. The van der Waals surface area contributed by atoms with Gasteiger partial charge >= 0.3 is 0 Å². The fraction of sp³-hybridized carbons (Fsp3) is 0.294. The van der Waals surface area contributed by atoms with Gasteiger partial charge in [0.1, 0.15) is 0 Å². The van der Waals surface area contributed by atoms with Gasteiger partial charge in [0.05, 0.1) is 18.3 Å². The topological polar surface area (TPSA) is 42.4 Å². The van der Waals surface area contributed by atoms with Crippen LogP contribution in [0.15, 0.2) is 48.8 Å². The molecule has 2 heterocycles. The van der Waals surface area contributed by atoms with Gasteiger partial charge in [0, 0.05) is 36.9 Å². The lowest BCUT2D eigenvalue weighted by molar-refractivity contribution is -0.0208. The molecule has 1 fully saturated rings. The van der Waals surface area contributed by atoms with Gasteiger partial charge in [-0.25, -0.2) is 0 Å². The first kappa shape index (κ1) is 15.0. The standard InChI is InChI=1S/C17H17ClN2O2/c18-15-5-1-3-13(9-15)10-16-12-20(7-8-22-16)17(21)14-4-2-6-19-11-14/h1-6,9,11,16H,7-8,10,12H2/t16-/m0/s1. The lowest BCUT2D eigenvalue weighted by Gasteiger charge is -2.33. The Kier molecular flexibility index (Phi) is 4.71. The molecular weight excluding hydrogens is 300 g/mol. The number of hydrogen-bond acceptors (Lipinski definition) is 3. The third-order valence-electron chi connectivity index (χ3n) is 3.69. The van der Waals surface area contributed by atoms with Crippen LogP contribution in [0.3, 0.4) is 0 Å². The van der Waals surface area contributed by atoms with Crippen LogP contribution in [0, 0.1) is 0 Å². The SMILES string of the molecule is O=C(c1cccnc1)N1CCO[C@@H](Cc2cccc(Cl)c2)C1. The molecule has 1 aromatic carbocycles. The highest BCUT2D eigenvalue weighted by Gasteiger charge is 2.25. The average molecular weight is 317 g/mol. The van der Waals surface area contributed by atoms with Gasteiger partial charge in [0.25, 0.3) is 5.91 Å². The fourth-order valence-corrected chi connectivity index (χ4v) is 2.84. The van der Waals surface area contributed by atoms with E-state index >= 15 is 0 Å². The van der Waals surface area contributed by atoms with E-state index in [2.05, 4.69) is 4.98 Å². The highest BCUT2D eigenvalue weighted by Crippen LogP contribution is 2.17. The molecule has 0 saturated carbocycles. The Morgan fingerprint density at radius 3 is 3.05 bits per heavy atom. The van der Waals surface area contributed by atoms with E-state index in [4.69, 9.17) is 16.3 Å². The van der Waals surface area contributed by atoms with E-state index in [0.717, 1.165) is 17.0 Å². The van der Waals surface area contributed by atoms with Crippen LogP contribution in [0.2, 0.25) is 5.02 Å². The molecule has 22 heavy (non-hydrogen) atoms. The summed E-state index contributed by atoms with van der Waals surface area (Å²) in [5.74, 6) is 0.00694. The van der Waals surface area contributed by atoms with Gasteiger partial charge in [-0.05, 0) is 29.8 Å². The molecule has 1 aliphatic heterocycles. The minimum absolute atomic E-state index is 0.00663. The summed E-state index contributed by atoms with van der Waals surface area (Å²) in [5, 5.41) is 0.719. The summed E-state index contributed by atoms with van der Waals surface area (Å²) < 4.78 is 5.79. The number of amides is 1. The third-order valence-corrected chi connectivity index (χ3v) is 3.92. The Hall–Kier alpha value is -1.91. The van der Waals surface area contributed by atoms with Crippen LogP contribution in [0.4, 0.5) is 0 Å². The summed E-state index contributed by atoms with van der Waals surface area (Å²) in [5.41, 5.74) is 1.74. The van der Waals surface area contributed by atoms with Gasteiger partial charge in [-0.15, -0.1) is 0 Å². The van der Waals surface area contributed by atoms with Crippen molar-refractivity contribution in [3.05, 3.63) is 64.9 Å². The summed E-state index contributed by atoms with van der Waals surface area (Å²) in [6, 6.07) is 11.3. The maximum atomic E-state index is 12.5. The zero-order valence-electron chi connectivity index (χ0n) is 12.1. The molecule has 0 N–H and O–H groups in total. The first-order chi connectivity index (χ1) is 10.7. The van der Waals surface area contributed by atoms with E-state index in [1.54, 1.807) is 24.5 Å². The molecule has 5 heteroatoms.